The van der Waals surface area contributed by atoms with Crippen LogP contribution in [0.3, 0.4) is 0 Å². The third-order valence-corrected chi connectivity index (χ3v) is 5.74. The molecule has 1 radical (unpaired) electrons. The van der Waals surface area contributed by atoms with Crippen molar-refractivity contribution < 1.29 is 0 Å². The topological polar surface area (TPSA) is 98.0 Å². The van der Waals surface area contributed by atoms with Gasteiger partial charge in [-0.2, -0.15) is 0 Å². The largest absolute Gasteiger partial charge is 0.262 e. The van der Waals surface area contributed by atoms with Crippen molar-refractivity contribution in [2.24, 2.45) is 15.9 Å². The molecule has 2 rings (SSSR count). The molecule has 9 nitrogen and oxygen atoms in total. The molecule has 0 N–H and O–H groups in total. The van der Waals surface area contributed by atoms with Crippen molar-refractivity contribution in [2.75, 3.05) is 26.7 Å². The molecule has 179 valence electrons. The van der Waals surface area contributed by atoms with Crippen molar-refractivity contribution in [3.63, 3.8) is 0 Å². The van der Waals surface area contributed by atoms with Crippen LogP contribution < -0.4 is 0 Å². The van der Waals surface area contributed by atoms with Gasteiger partial charge >= 0.3 is 0 Å². The summed E-state index contributed by atoms with van der Waals surface area (Å²) in [6.45, 7) is 3.02. The van der Waals surface area contributed by atoms with Crippen LogP contribution >= 0.6 is 0 Å². The van der Waals surface area contributed by atoms with Crippen LogP contribution in [0.5, 0.6) is 0 Å². The minimum absolute atomic E-state index is 0. The van der Waals surface area contributed by atoms with Crippen LogP contribution in [0.25, 0.3) is 0 Å². The van der Waals surface area contributed by atoms with Gasteiger partial charge in [-0.1, -0.05) is 80.4 Å². The Hall–Kier alpha value is -2.36. The first kappa shape index (κ1) is 29.7. The number of nitroso groups, excluding NO2 is 3. The molecule has 0 aliphatic rings. The number of nitrogens with zero attached hydrogens (tertiary/aromatic N) is 6. The van der Waals surface area contributed by atoms with Gasteiger partial charge in [-0.15, -0.1) is 14.7 Å². The van der Waals surface area contributed by atoms with Crippen molar-refractivity contribution in [3.05, 3.63) is 86.5 Å². The average molecular weight is 478 g/mol. The molecule has 0 unspecified atom stereocenters. The van der Waals surface area contributed by atoms with Crippen LogP contribution in [-0.2, 0) is 12.8 Å². The Bertz CT molecular complexity index is 830. The summed E-state index contributed by atoms with van der Waals surface area (Å²) in [6.07, 6.45) is 3.76. The number of benzene rings is 2. The second-order valence-electron chi connectivity index (χ2n) is 8.25. The summed E-state index contributed by atoms with van der Waals surface area (Å²) >= 11 is 0. The molecule has 0 bridgehead atoms. The molecule has 0 aromatic heterocycles. The van der Waals surface area contributed by atoms with Crippen molar-refractivity contribution in [3.8, 4) is 0 Å². The number of rotatable bonds is 17. The fraction of sp³-hybridized carbons (Fsp3) is 0.500. The van der Waals surface area contributed by atoms with Crippen molar-refractivity contribution in [1.29, 1.82) is 0 Å². The average Bonchev–Trinajstić information content (AvgIpc) is 2.86. The van der Waals surface area contributed by atoms with Gasteiger partial charge in [-0.25, -0.2) is 0 Å². The molecule has 2 aromatic rings. The van der Waals surface area contributed by atoms with E-state index in [4.69, 9.17) is 0 Å². The Morgan fingerprint density at radius 1 is 0.765 bits per heavy atom. The predicted octanol–water partition coefficient (Wildman–Crippen LogP) is 4.60. The zero-order valence-electron chi connectivity index (χ0n) is 20.5. The van der Waals surface area contributed by atoms with Crippen LogP contribution in [0.1, 0.15) is 37.3 Å². The monoisotopic (exact) mass is 477 g/mol. The summed E-state index contributed by atoms with van der Waals surface area (Å²) in [5.74, 6) is 0. The zero-order valence-corrected chi connectivity index (χ0v) is 22.5. The van der Waals surface area contributed by atoms with Gasteiger partial charge in [0.2, 0.25) is 0 Å². The van der Waals surface area contributed by atoms with Crippen LogP contribution in [0.15, 0.2) is 76.5 Å². The Labute approximate surface area is 224 Å². The van der Waals surface area contributed by atoms with Gasteiger partial charge < -0.3 is 0 Å². The first-order chi connectivity index (χ1) is 16.1. The van der Waals surface area contributed by atoms with Crippen molar-refractivity contribution >= 4 is 29.6 Å². The molecule has 0 saturated carbocycles. The fourth-order valence-electron chi connectivity index (χ4n) is 3.91. The maximum absolute atomic E-state index is 11.9. The second kappa shape index (κ2) is 17.1. The molecule has 2 aromatic carbocycles. The molecular weight excluding hydrogens is 443 g/mol. The molecule has 10 heteroatoms. The summed E-state index contributed by atoms with van der Waals surface area (Å²) in [6, 6.07) is 19.0. The normalized spacial score (nSPS) is 12.1. The van der Waals surface area contributed by atoms with Crippen molar-refractivity contribution in [1.82, 2.24) is 15.0 Å². The first-order valence-electron chi connectivity index (χ1n) is 11.4. The van der Waals surface area contributed by atoms with Crippen LogP contribution in [0.2, 0.25) is 0 Å². The molecule has 0 fully saturated rings. The molecule has 0 aliphatic carbocycles. The predicted molar refractivity (Wildman–Crippen MR) is 137 cm³/mol. The smallest absolute Gasteiger partial charge is 0.0736 e. The molecule has 0 amide bonds. The standard InChI is InChI=1S/C24H34N6O3.Na/c1-3-4-15-23(29(26-32)17-16-21-11-7-5-8-12-21)20-30(27-33)24(19-28(2)25-31)18-22-13-9-6-10-14-22;/h5-14,23-24H,3-4,15-20H2,1-2H3;/t23-,24+;/m1./s1. The van der Waals surface area contributed by atoms with Crippen LogP contribution in [0.4, 0.5) is 0 Å². The maximum Gasteiger partial charge on any atom is 0.0736 e. The van der Waals surface area contributed by atoms with Crippen LogP contribution in [0, 0.1) is 14.7 Å². The minimum Gasteiger partial charge on any atom is -0.262 e. The minimum atomic E-state index is -0.376. The van der Waals surface area contributed by atoms with E-state index < -0.39 is 0 Å². The second-order valence-corrected chi connectivity index (χ2v) is 8.25. The Morgan fingerprint density at radius 2 is 1.35 bits per heavy atom. The van der Waals surface area contributed by atoms with Gasteiger partial charge in [-0.3, -0.25) is 15.0 Å². The molecule has 0 heterocycles. The zero-order chi connectivity index (χ0) is 23.9. The Morgan fingerprint density at radius 3 is 1.88 bits per heavy atom. The van der Waals surface area contributed by atoms with E-state index in [2.05, 4.69) is 22.8 Å². The molecular formula is C24H34N6NaO3. The Kier molecular flexibility index (Phi) is 14.9. The summed E-state index contributed by atoms with van der Waals surface area (Å²) in [5.41, 5.74) is 2.14. The summed E-state index contributed by atoms with van der Waals surface area (Å²) in [4.78, 5) is 34.7. The third-order valence-electron chi connectivity index (χ3n) is 5.74. The van der Waals surface area contributed by atoms with E-state index in [1.807, 2.05) is 60.7 Å². The molecule has 0 saturated heterocycles. The van der Waals surface area contributed by atoms with Gasteiger partial charge in [0.15, 0.2) is 0 Å². The maximum atomic E-state index is 11.9. The van der Waals surface area contributed by atoms with E-state index in [0.717, 1.165) is 24.0 Å². The van der Waals surface area contributed by atoms with Gasteiger partial charge in [-0.05, 0) is 30.4 Å². The third kappa shape index (κ3) is 10.3. The van der Waals surface area contributed by atoms with E-state index >= 15 is 0 Å². The number of hydrogen-bond donors (Lipinski definition) is 0. The van der Waals surface area contributed by atoms with Gasteiger partial charge in [0.05, 0.1) is 41.0 Å². The van der Waals surface area contributed by atoms with Gasteiger partial charge in [0, 0.05) is 43.1 Å². The van der Waals surface area contributed by atoms with E-state index in [-0.39, 0.29) is 54.7 Å². The molecule has 0 spiro atoms. The SMILES string of the molecule is CCCC[C@H](CN(N=O)[C@@H](Cc1ccccc1)CN(C)N=O)N(CCc1ccccc1)N=O.[Na]. The van der Waals surface area contributed by atoms with Gasteiger partial charge in [0.25, 0.3) is 0 Å². The molecule has 2 atom stereocenters. The van der Waals surface area contributed by atoms with E-state index in [1.165, 1.54) is 15.0 Å². The Balaban J connectivity index is 0.00000578. The number of unbranched alkanes of at least 4 members (excludes halogenated alkanes) is 1. The number of hydrogen-bond acceptors (Lipinski definition) is 6. The summed E-state index contributed by atoms with van der Waals surface area (Å²) < 4.78 is 0. The molecule has 0 aliphatic heterocycles. The quantitative estimate of drug-likeness (QED) is 0.188. The first-order valence-corrected chi connectivity index (χ1v) is 11.4. The van der Waals surface area contributed by atoms with E-state index in [1.54, 1.807) is 7.05 Å². The van der Waals surface area contributed by atoms with E-state index in [0.29, 0.717) is 25.8 Å². The van der Waals surface area contributed by atoms with E-state index in [9.17, 15) is 14.7 Å². The summed E-state index contributed by atoms with van der Waals surface area (Å²) in [5, 5.41) is 13.8. The fourth-order valence-corrected chi connectivity index (χ4v) is 3.91. The van der Waals surface area contributed by atoms with Crippen LogP contribution in [-0.4, -0.2) is 83.3 Å². The molecule has 34 heavy (non-hydrogen) atoms. The number of likely N-dealkylation sites (N-methyl/N-ethyl adjacent to an activating group) is 1. The van der Waals surface area contributed by atoms with Gasteiger partial charge in [0.1, 0.15) is 0 Å². The summed E-state index contributed by atoms with van der Waals surface area (Å²) in [7, 11) is 1.57. The van der Waals surface area contributed by atoms with Crippen molar-refractivity contribution in [2.45, 2.75) is 51.1 Å².